The van der Waals surface area contributed by atoms with Crippen LogP contribution >= 0.6 is 11.8 Å². The van der Waals surface area contributed by atoms with Crippen LogP contribution in [0.15, 0.2) is 36.4 Å². The summed E-state index contributed by atoms with van der Waals surface area (Å²) in [6.07, 6.45) is 3.41. The Bertz CT molecular complexity index is 1270. The van der Waals surface area contributed by atoms with Gasteiger partial charge < -0.3 is 26.6 Å². The van der Waals surface area contributed by atoms with E-state index in [0.717, 1.165) is 53.8 Å². The molecule has 2 rings (SSSR count). The standard InChI is InChI=1S/C30H41N5O6S/c1-20-8-9-25-15-23(10-11-24(25)14-20)21(2)30(41)32-13-7-5-4-6-12-31-26(37)16-33-27(38)17-34-28(39)18-35-29(40)19-42-22(3)36/h8-11,14-15,21H,4-7,12-13,16-19H2,1-3H3,(H,31,37)(H,32,41)(H,33,38)(H,34,39)(H,35,40)/t21-/m0/s1. The zero-order chi connectivity index (χ0) is 30.9. The molecule has 0 aliphatic rings. The molecule has 0 fully saturated rings. The lowest BCUT2D eigenvalue weighted by atomic mass is 9.96. The first-order valence-corrected chi connectivity index (χ1v) is 15.0. The topological polar surface area (TPSA) is 163 Å². The SMILES string of the molecule is CC(=O)SCC(=O)NCC(=O)NCC(=O)NCC(=O)NCCCCCCNC(=O)[C@@H](C)c1ccc2cc(C)ccc2c1. The fraction of sp³-hybridized carbons (Fsp3) is 0.467. The third-order valence-electron chi connectivity index (χ3n) is 6.38. The number of fused-ring (bicyclic) bond motifs is 1. The summed E-state index contributed by atoms with van der Waals surface area (Å²) in [5, 5.41) is 14.9. The van der Waals surface area contributed by atoms with Gasteiger partial charge in [-0.25, -0.2) is 0 Å². The number of carbonyl (C=O) groups excluding carboxylic acids is 6. The normalized spacial score (nSPS) is 11.3. The molecule has 0 spiro atoms. The number of thioether (sulfide) groups is 1. The Balaban J connectivity index is 1.48. The summed E-state index contributed by atoms with van der Waals surface area (Å²) in [4.78, 5) is 70.3. The van der Waals surface area contributed by atoms with Crippen LogP contribution in [-0.4, -0.2) is 73.1 Å². The van der Waals surface area contributed by atoms with Gasteiger partial charge >= 0.3 is 0 Å². The molecular formula is C30H41N5O6S. The van der Waals surface area contributed by atoms with Crippen molar-refractivity contribution in [1.82, 2.24) is 26.6 Å². The molecular weight excluding hydrogens is 558 g/mol. The van der Waals surface area contributed by atoms with Gasteiger partial charge in [0.2, 0.25) is 29.5 Å². The summed E-state index contributed by atoms with van der Waals surface area (Å²) >= 11 is 0.833. The molecule has 5 N–H and O–H groups in total. The van der Waals surface area contributed by atoms with Crippen molar-refractivity contribution in [2.75, 3.05) is 38.5 Å². The van der Waals surface area contributed by atoms with E-state index in [-0.39, 0.29) is 48.2 Å². The molecule has 0 aliphatic carbocycles. The summed E-state index contributed by atoms with van der Waals surface area (Å²) < 4.78 is 0. The lowest BCUT2D eigenvalue weighted by molar-refractivity contribution is -0.128. The van der Waals surface area contributed by atoms with Crippen molar-refractivity contribution in [1.29, 1.82) is 0 Å². The van der Waals surface area contributed by atoms with E-state index in [1.54, 1.807) is 0 Å². The smallest absolute Gasteiger partial charge is 0.239 e. The molecule has 0 aromatic heterocycles. The van der Waals surface area contributed by atoms with Crippen molar-refractivity contribution in [3.63, 3.8) is 0 Å². The molecule has 0 radical (unpaired) electrons. The number of unbranched alkanes of at least 4 members (excludes halogenated alkanes) is 3. The number of hydrogen-bond donors (Lipinski definition) is 5. The highest BCUT2D eigenvalue weighted by Gasteiger charge is 2.15. The van der Waals surface area contributed by atoms with E-state index < -0.39 is 17.7 Å². The number of rotatable bonds is 17. The van der Waals surface area contributed by atoms with Gasteiger partial charge in [0.1, 0.15) is 0 Å². The van der Waals surface area contributed by atoms with E-state index in [9.17, 15) is 28.8 Å². The number of aryl methyl sites for hydroxylation is 1. The quantitative estimate of drug-likeness (QED) is 0.173. The highest BCUT2D eigenvalue weighted by molar-refractivity contribution is 8.14. The van der Waals surface area contributed by atoms with Gasteiger partial charge in [-0.15, -0.1) is 0 Å². The number of benzene rings is 2. The van der Waals surface area contributed by atoms with E-state index in [4.69, 9.17) is 0 Å². The van der Waals surface area contributed by atoms with E-state index in [1.807, 2.05) is 13.0 Å². The van der Waals surface area contributed by atoms with E-state index in [1.165, 1.54) is 12.5 Å². The van der Waals surface area contributed by atoms with Crippen LogP contribution in [0.4, 0.5) is 0 Å². The number of amides is 5. The average molecular weight is 600 g/mol. The van der Waals surface area contributed by atoms with Crippen molar-refractivity contribution >= 4 is 57.2 Å². The zero-order valence-electron chi connectivity index (χ0n) is 24.5. The minimum Gasteiger partial charge on any atom is -0.356 e. The Morgan fingerprint density at radius 2 is 1.19 bits per heavy atom. The molecule has 0 bridgehead atoms. The summed E-state index contributed by atoms with van der Waals surface area (Å²) in [7, 11) is 0. The van der Waals surface area contributed by atoms with Crippen molar-refractivity contribution in [2.45, 2.75) is 52.4 Å². The Labute approximate surface area is 250 Å². The van der Waals surface area contributed by atoms with Gasteiger partial charge in [0.05, 0.1) is 31.3 Å². The van der Waals surface area contributed by atoms with Crippen LogP contribution in [-0.2, 0) is 28.8 Å². The van der Waals surface area contributed by atoms with Crippen molar-refractivity contribution in [2.24, 2.45) is 0 Å². The predicted octanol–water partition coefficient (Wildman–Crippen LogP) is 1.67. The predicted molar refractivity (Wildman–Crippen MR) is 164 cm³/mol. The molecule has 5 amide bonds. The molecule has 42 heavy (non-hydrogen) atoms. The minimum atomic E-state index is -0.565. The van der Waals surface area contributed by atoms with Crippen LogP contribution < -0.4 is 26.6 Å². The molecule has 0 saturated heterocycles. The lowest BCUT2D eigenvalue weighted by Crippen LogP contribution is -2.44. The van der Waals surface area contributed by atoms with E-state index >= 15 is 0 Å². The summed E-state index contributed by atoms with van der Waals surface area (Å²) in [6.45, 7) is 5.51. The van der Waals surface area contributed by atoms with Gasteiger partial charge in [0.25, 0.3) is 0 Å². The maximum atomic E-state index is 12.6. The molecule has 12 heteroatoms. The number of nitrogens with one attached hydrogen (secondary N) is 5. The minimum absolute atomic E-state index is 0.00226. The summed E-state index contributed by atoms with van der Waals surface area (Å²) in [5.41, 5.74) is 2.19. The first-order valence-electron chi connectivity index (χ1n) is 14.0. The van der Waals surface area contributed by atoms with Crippen LogP contribution in [0.1, 0.15) is 56.6 Å². The molecule has 0 heterocycles. The highest BCUT2D eigenvalue weighted by atomic mass is 32.2. The second kappa shape index (κ2) is 18.5. The second-order valence-electron chi connectivity index (χ2n) is 10.00. The maximum absolute atomic E-state index is 12.6. The van der Waals surface area contributed by atoms with Crippen LogP contribution in [0.3, 0.4) is 0 Å². The Morgan fingerprint density at radius 1 is 0.667 bits per heavy atom. The fourth-order valence-corrected chi connectivity index (χ4v) is 4.38. The van der Waals surface area contributed by atoms with Gasteiger partial charge in [0.15, 0.2) is 5.12 Å². The largest absolute Gasteiger partial charge is 0.356 e. The molecule has 0 saturated carbocycles. The monoisotopic (exact) mass is 599 g/mol. The third-order valence-corrected chi connectivity index (χ3v) is 7.20. The van der Waals surface area contributed by atoms with Crippen LogP contribution in [0.2, 0.25) is 0 Å². The van der Waals surface area contributed by atoms with Gasteiger partial charge in [0, 0.05) is 20.0 Å². The molecule has 2 aromatic carbocycles. The van der Waals surface area contributed by atoms with Gasteiger partial charge in [-0.1, -0.05) is 66.6 Å². The second-order valence-corrected chi connectivity index (χ2v) is 11.1. The van der Waals surface area contributed by atoms with Crippen molar-refractivity contribution in [3.05, 3.63) is 47.5 Å². The Hall–Kier alpha value is -3.93. The fourth-order valence-electron chi connectivity index (χ4n) is 3.94. The molecule has 0 unspecified atom stereocenters. The molecule has 1 atom stereocenters. The van der Waals surface area contributed by atoms with Crippen molar-refractivity contribution in [3.8, 4) is 0 Å². The van der Waals surface area contributed by atoms with Crippen molar-refractivity contribution < 1.29 is 28.8 Å². The maximum Gasteiger partial charge on any atom is 0.239 e. The van der Waals surface area contributed by atoms with E-state index in [0.29, 0.717) is 13.1 Å². The molecule has 11 nitrogen and oxygen atoms in total. The van der Waals surface area contributed by atoms with Gasteiger partial charge in [-0.3, -0.25) is 28.8 Å². The van der Waals surface area contributed by atoms with Crippen LogP contribution in [0, 0.1) is 6.92 Å². The first kappa shape index (κ1) is 34.3. The third kappa shape index (κ3) is 13.6. The van der Waals surface area contributed by atoms with Gasteiger partial charge in [-0.2, -0.15) is 0 Å². The van der Waals surface area contributed by atoms with E-state index in [2.05, 4.69) is 63.8 Å². The molecule has 2 aromatic rings. The Kier molecular flexibility index (Phi) is 15.1. The summed E-state index contributed by atoms with van der Waals surface area (Å²) in [5.74, 6) is -2.22. The van der Waals surface area contributed by atoms with Gasteiger partial charge in [-0.05, 0) is 43.0 Å². The summed E-state index contributed by atoms with van der Waals surface area (Å²) in [6, 6.07) is 12.4. The Morgan fingerprint density at radius 3 is 1.81 bits per heavy atom. The lowest BCUT2D eigenvalue weighted by Gasteiger charge is -2.13. The van der Waals surface area contributed by atoms with Crippen LogP contribution in [0.5, 0.6) is 0 Å². The average Bonchev–Trinajstić information content (AvgIpc) is 2.97. The number of carbonyl (C=O) groups is 6. The highest BCUT2D eigenvalue weighted by Crippen LogP contribution is 2.23. The van der Waals surface area contributed by atoms with Crippen LogP contribution in [0.25, 0.3) is 10.8 Å². The molecule has 228 valence electrons. The zero-order valence-corrected chi connectivity index (χ0v) is 25.3. The number of hydrogen-bond acceptors (Lipinski definition) is 7. The molecule has 0 aliphatic heterocycles. The first-order chi connectivity index (χ1) is 20.0.